The van der Waals surface area contributed by atoms with Gasteiger partial charge < -0.3 is 19.5 Å². The van der Waals surface area contributed by atoms with Crippen LogP contribution in [-0.4, -0.2) is 72.8 Å². The quantitative estimate of drug-likeness (QED) is 0.536. The van der Waals surface area contributed by atoms with Gasteiger partial charge in [-0.3, -0.25) is 9.89 Å². The zero-order valence-electron chi connectivity index (χ0n) is 16.8. The maximum absolute atomic E-state index is 5.93. The molecule has 7 heteroatoms. The van der Waals surface area contributed by atoms with Gasteiger partial charge in [-0.25, -0.2) is 0 Å². The van der Waals surface area contributed by atoms with Gasteiger partial charge in [0.15, 0.2) is 5.96 Å². The summed E-state index contributed by atoms with van der Waals surface area (Å²) in [6.07, 6.45) is 2.25. The van der Waals surface area contributed by atoms with E-state index in [1.807, 2.05) is 0 Å². The summed E-state index contributed by atoms with van der Waals surface area (Å²) in [6, 6.07) is 2.15. The first-order chi connectivity index (χ1) is 12.4. The molecule has 0 bridgehead atoms. The van der Waals surface area contributed by atoms with Crippen LogP contribution in [-0.2, 0) is 18.3 Å². The molecule has 0 amide bonds. The van der Waals surface area contributed by atoms with E-state index in [-0.39, 0.29) is 6.10 Å². The Morgan fingerprint density at radius 3 is 2.88 bits per heavy atom. The summed E-state index contributed by atoms with van der Waals surface area (Å²) < 4.78 is 9.17. The number of aryl methyl sites for hydroxylation is 1. The molecule has 1 aliphatic heterocycles. The van der Waals surface area contributed by atoms with E-state index in [0.29, 0.717) is 12.5 Å². The monoisotopic (exact) mass is 427 g/mol. The summed E-state index contributed by atoms with van der Waals surface area (Å²) in [5.74, 6) is 1.61. The smallest absolute Gasteiger partial charge is 0.194 e. The number of hydrogen-bond acceptors (Lipinski definition) is 3. The first kappa shape index (κ1) is 21.3. The van der Waals surface area contributed by atoms with E-state index in [0.717, 1.165) is 49.8 Å². The average molecular weight is 428 g/mol. The summed E-state index contributed by atoms with van der Waals surface area (Å²) >= 11 is 3.54. The number of halogens is 1. The zero-order valence-corrected chi connectivity index (χ0v) is 18.4. The van der Waals surface area contributed by atoms with Crippen LogP contribution >= 0.6 is 15.9 Å². The van der Waals surface area contributed by atoms with Gasteiger partial charge in [-0.2, -0.15) is 0 Å². The molecule has 1 aromatic heterocycles. The average Bonchev–Trinajstić information content (AvgIpc) is 2.88. The predicted octanol–water partition coefficient (Wildman–Crippen LogP) is 2.54. The van der Waals surface area contributed by atoms with Crippen LogP contribution < -0.4 is 5.32 Å². The van der Waals surface area contributed by atoms with E-state index in [9.17, 15) is 0 Å². The van der Waals surface area contributed by atoms with Crippen molar-refractivity contribution in [3.63, 3.8) is 0 Å². The lowest BCUT2D eigenvalue weighted by molar-refractivity contribution is -0.0262. The molecule has 0 aromatic carbocycles. The second-order valence-corrected chi connectivity index (χ2v) is 8.37. The Hall–Kier alpha value is -1.05. The molecule has 0 aliphatic carbocycles. The van der Waals surface area contributed by atoms with E-state index in [2.05, 4.69) is 82.7 Å². The highest BCUT2D eigenvalue weighted by Crippen LogP contribution is 2.15. The summed E-state index contributed by atoms with van der Waals surface area (Å²) in [4.78, 5) is 9.50. The number of rotatable bonds is 7. The van der Waals surface area contributed by atoms with Crippen LogP contribution in [0, 0.1) is 5.92 Å². The highest BCUT2D eigenvalue weighted by Gasteiger charge is 2.21. The van der Waals surface area contributed by atoms with E-state index < -0.39 is 0 Å². The largest absolute Gasteiger partial charge is 0.374 e. The first-order valence-electron chi connectivity index (χ1n) is 9.53. The molecule has 1 saturated heterocycles. The van der Waals surface area contributed by atoms with E-state index in [1.165, 1.54) is 5.69 Å². The van der Waals surface area contributed by atoms with Gasteiger partial charge in [-0.15, -0.1) is 0 Å². The Balaban J connectivity index is 1.95. The number of hydrogen-bond donors (Lipinski definition) is 1. The number of guanidine groups is 1. The molecule has 0 radical (unpaired) electrons. The molecule has 1 atom stereocenters. The summed E-state index contributed by atoms with van der Waals surface area (Å²) in [5, 5.41) is 3.40. The fourth-order valence-corrected chi connectivity index (χ4v) is 3.84. The van der Waals surface area contributed by atoms with E-state index in [4.69, 9.17) is 9.73 Å². The lowest BCUT2D eigenvalue weighted by atomic mass is 10.2. The van der Waals surface area contributed by atoms with Crippen molar-refractivity contribution in [1.82, 2.24) is 19.7 Å². The molecule has 2 rings (SSSR count). The minimum atomic E-state index is 0.175. The maximum atomic E-state index is 5.93. The third kappa shape index (κ3) is 6.59. The molecule has 0 spiro atoms. The molecular weight excluding hydrogens is 394 g/mol. The van der Waals surface area contributed by atoms with Gasteiger partial charge in [0.25, 0.3) is 0 Å². The molecule has 1 aromatic rings. The van der Waals surface area contributed by atoms with Crippen LogP contribution in [0.1, 0.15) is 26.5 Å². The second kappa shape index (κ2) is 10.3. The first-order valence-corrected chi connectivity index (χ1v) is 10.3. The Bertz CT molecular complexity index is 586. The summed E-state index contributed by atoms with van der Waals surface area (Å²) in [5.41, 5.74) is 1.24. The van der Waals surface area contributed by atoms with Gasteiger partial charge in [-0.05, 0) is 34.8 Å². The Labute approximate surface area is 166 Å². The maximum Gasteiger partial charge on any atom is 0.194 e. The van der Waals surface area contributed by atoms with Crippen molar-refractivity contribution < 1.29 is 4.74 Å². The van der Waals surface area contributed by atoms with Gasteiger partial charge in [0.2, 0.25) is 0 Å². The van der Waals surface area contributed by atoms with Crippen molar-refractivity contribution in [2.45, 2.75) is 33.4 Å². The highest BCUT2D eigenvalue weighted by molar-refractivity contribution is 9.10. The SMILES string of the molecule is CCNC(=NCC1CN(CC(C)C)CCO1)N(C)Cc1cc(Br)cn1C. The second-order valence-electron chi connectivity index (χ2n) is 7.46. The van der Waals surface area contributed by atoms with Gasteiger partial charge in [0, 0.05) is 56.6 Å². The van der Waals surface area contributed by atoms with Crippen molar-refractivity contribution >= 4 is 21.9 Å². The Morgan fingerprint density at radius 1 is 1.50 bits per heavy atom. The van der Waals surface area contributed by atoms with Crippen molar-refractivity contribution in [2.75, 3.05) is 46.4 Å². The molecule has 1 N–H and O–H groups in total. The van der Waals surface area contributed by atoms with Gasteiger partial charge in [0.05, 0.1) is 25.8 Å². The molecule has 0 saturated carbocycles. The minimum Gasteiger partial charge on any atom is -0.374 e. The molecule has 148 valence electrons. The summed E-state index contributed by atoms with van der Waals surface area (Å²) in [6.45, 7) is 12.9. The molecule has 6 nitrogen and oxygen atoms in total. The Kier molecular flexibility index (Phi) is 8.44. The minimum absolute atomic E-state index is 0.175. The van der Waals surface area contributed by atoms with E-state index >= 15 is 0 Å². The fourth-order valence-electron chi connectivity index (χ4n) is 3.27. The van der Waals surface area contributed by atoms with Crippen LogP contribution in [0.5, 0.6) is 0 Å². The number of nitrogens with zero attached hydrogens (tertiary/aromatic N) is 4. The molecule has 1 fully saturated rings. The van der Waals surface area contributed by atoms with Crippen LogP contribution in [0.15, 0.2) is 21.7 Å². The molecular formula is C19H34BrN5O. The van der Waals surface area contributed by atoms with Gasteiger partial charge >= 0.3 is 0 Å². The standard InChI is InChI=1S/C19H34BrN5O/c1-6-21-19(24(5)13-17-9-16(20)12-23(17)4)22-10-18-14-25(7-8-26-18)11-15(2)3/h9,12,15,18H,6-8,10-11,13-14H2,1-5H3,(H,21,22). The molecule has 26 heavy (non-hydrogen) atoms. The van der Waals surface area contributed by atoms with Crippen molar-refractivity contribution in [3.05, 3.63) is 22.4 Å². The lowest BCUT2D eigenvalue weighted by Gasteiger charge is -2.33. The van der Waals surface area contributed by atoms with Gasteiger partial charge in [0.1, 0.15) is 0 Å². The molecule has 1 unspecified atom stereocenters. The van der Waals surface area contributed by atoms with Crippen LogP contribution in [0.4, 0.5) is 0 Å². The topological polar surface area (TPSA) is 45.0 Å². The summed E-state index contributed by atoms with van der Waals surface area (Å²) in [7, 11) is 4.15. The van der Waals surface area contributed by atoms with Crippen molar-refractivity contribution in [2.24, 2.45) is 18.0 Å². The Morgan fingerprint density at radius 2 is 2.27 bits per heavy atom. The van der Waals surface area contributed by atoms with Crippen molar-refractivity contribution in [3.8, 4) is 0 Å². The number of aliphatic imine (C=N–C) groups is 1. The highest BCUT2D eigenvalue weighted by atomic mass is 79.9. The predicted molar refractivity (Wildman–Crippen MR) is 112 cm³/mol. The van der Waals surface area contributed by atoms with Crippen molar-refractivity contribution in [1.29, 1.82) is 0 Å². The number of nitrogens with one attached hydrogen (secondary N) is 1. The van der Waals surface area contributed by atoms with E-state index in [1.54, 1.807) is 0 Å². The van der Waals surface area contributed by atoms with Gasteiger partial charge in [-0.1, -0.05) is 13.8 Å². The van der Waals surface area contributed by atoms with Crippen LogP contribution in [0.25, 0.3) is 0 Å². The number of morpholine rings is 1. The normalized spacial score (nSPS) is 19.2. The number of aromatic nitrogens is 1. The zero-order chi connectivity index (χ0) is 19.1. The molecule has 1 aliphatic rings. The third-order valence-corrected chi connectivity index (χ3v) is 4.89. The van der Waals surface area contributed by atoms with Crippen LogP contribution in [0.2, 0.25) is 0 Å². The van der Waals surface area contributed by atoms with Crippen LogP contribution in [0.3, 0.4) is 0 Å². The number of ether oxygens (including phenoxy) is 1. The fraction of sp³-hybridized carbons (Fsp3) is 0.737. The molecule has 2 heterocycles. The lowest BCUT2D eigenvalue weighted by Crippen LogP contribution is -2.46. The third-order valence-electron chi connectivity index (χ3n) is 4.46.